The maximum Gasteiger partial charge on any atom is 0.245 e. The minimum atomic E-state index is -1.07. The van der Waals surface area contributed by atoms with Gasteiger partial charge in [0.1, 0.15) is 12.4 Å². The first-order valence-corrected chi connectivity index (χ1v) is 10.3. The van der Waals surface area contributed by atoms with Crippen molar-refractivity contribution < 1.29 is 14.8 Å². The van der Waals surface area contributed by atoms with Gasteiger partial charge in [0.2, 0.25) is 6.04 Å². The Morgan fingerprint density at radius 1 is 0.889 bits per heavy atom. The second-order valence-electron chi connectivity index (χ2n) is 6.84. The van der Waals surface area contributed by atoms with Gasteiger partial charge >= 0.3 is 0 Å². The van der Waals surface area contributed by atoms with Crippen LogP contribution in [0.5, 0.6) is 0 Å². The summed E-state index contributed by atoms with van der Waals surface area (Å²) in [6.07, 6.45) is 22.3. The zero-order valence-corrected chi connectivity index (χ0v) is 16.8. The first-order valence-electron chi connectivity index (χ1n) is 10.3. The van der Waals surface area contributed by atoms with Gasteiger partial charge in [-0.25, -0.2) is 0 Å². The van der Waals surface area contributed by atoms with Crippen molar-refractivity contribution in [2.45, 2.75) is 96.1 Å². The van der Waals surface area contributed by atoms with E-state index in [0.717, 1.165) is 51.2 Å². The smallest absolute Gasteiger partial charge is 0.245 e. The lowest BCUT2D eigenvalue weighted by molar-refractivity contribution is -0.530. The Morgan fingerprint density at radius 2 is 1.52 bits per heavy atom. The van der Waals surface area contributed by atoms with Gasteiger partial charge in [-0.15, -0.1) is 0 Å². The van der Waals surface area contributed by atoms with Crippen LogP contribution in [-0.2, 0) is 4.79 Å². The summed E-state index contributed by atoms with van der Waals surface area (Å²) in [5, 5.41) is 21.2. The number of rotatable bonds is 18. The number of nitro groups is 1. The number of carbonyl (C=O) groups is 1. The van der Waals surface area contributed by atoms with E-state index < -0.39 is 17.1 Å². The molecule has 0 aromatic heterocycles. The molecule has 0 radical (unpaired) electrons. The zero-order chi connectivity index (χ0) is 20.2. The average Bonchev–Trinajstić information content (AvgIpc) is 2.65. The number of carbonyl (C=O) groups excluding carboxylic acids is 1. The predicted molar refractivity (Wildman–Crippen MR) is 111 cm³/mol. The molecule has 0 aliphatic rings. The van der Waals surface area contributed by atoms with Gasteiger partial charge in [0.25, 0.3) is 0 Å². The molecule has 0 heterocycles. The zero-order valence-electron chi connectivity index (χ0n) is 16.8. The highest BCUT2D eigenvalue weighted by Crippen LogP contribution is 2.10. The number of aldehydes is 1. The molecule has 0 saturated carbocycles. The monoisotopic (exact) mass is 379 g/mol. The van der Waals surface area contributed by atoms with Crippen molar-refractivity contribution in [2.24, 2.45) is 0 Å². The van der Waals surface area contributed by atoms with Gasteiger partial charge in [-0.3, -0.25) is 10.1 Å². The number of hydrogen-bond acceptors (Lipinski definition) is 4. The Labute approximate surface area is 164 Å². The Bertz CT molecular complexity index is 457. The number of aliphatic hydroxyl groups excluding tert-OH is 1. The molecule has 154 valence electrons. The fourth-order valence-corrected chi connectivity index (χ4v) is 2.69. The Hall–Kier alpha value is -1.75. The van der Waals surface area contributed by atoms with Crippen molar-refractivity contribution in [2.75, 3.05) is 0 Å². The number of unbranched alkanes of at least 4 members (excludes halogenated alkanes) is 8. The average molecular weight is 380 g/mol. The summed E-state index contributed by atoms with van der Waals surface area (Å²) >= 11 is 0. The fourth-order valence-electron chi connectivity index (χ4n) is 2.69. The van der Waals surface area contributed by atoms with Crippen LogP contribution in [0.1, 0.15) is 84.0 Å². The number of nitrogens with zero attached hydrogens (tertiary/aromatic N) is 1. The standard InChI is InChI=1S/C22H37NO4/c1-2-3-4-5-6-7-9-12-15-18-21(23(26)27)22(25)19-16-13-10-8-11-14-17-20-24/h6-7,12,15-16,19-22,25H,2-5,8-11,13-14,17-18H2,1H3/b7-6-,15-12-,19-16-. The molecule has 0 amide bonds. The van der Waals surface area contributed by atoms with Gasteiger partial charge in [-0.05, 0) is 38.5 Å². The highest BCUT2D eigenvalue weighted by atomic mass is 16.6. The summed E-state index contributed by atoms with van der Waals surface area (Å²) in [5.74, 6) is 0. The van der Waals surface area contributed by atoms with Crippen molar-refractivity contribution in [1.29, 1.82) is 0 Å². The van der Waals surface area contributed by atoms with Crippen LogP contribution >= 0.6 is 0 Å². The normalized spacial score (nSPS) is 14.3. The summed E-state index contributed by atoms with van der Waals surface area (Å²) in [4.78, 5) is 21.0. The van der Waals surface area contributed by atoms with Crippen molar-refractivity contribution in [3.05, 3.63) is 46.6 Å². The molecular weight excluding hydrogens is 342 g/mol. The number of aliphatic hydroxyl groups is 1. The molecule has 0 aromatic carbocycles. The molecule has 0 aliphatic heterocycles. The molecule has 0 bridgehead atoms. The third kappa shape index (κ3) is 16.2. The molecule has 0 aliphatic carbocycles. The third-order valence-electron chi connectivity index (χ3n) is 4.40. The lowest BCUT2D eigenvalue weighted by atomic mass is 10.1. The van der Waals surface area contributed by atoms with Gasteiger partial charge in [0.05, 0.1) is 0 Å². The summed E-state index contributed by atoms with van der Waals surface area (Å²) in [5.41, 5.74) is 0. The van der Waals surface area contributed by atoms with E-state index in [0.29, 0.717) is 6.42 Å². The van der Waals surface area contributed by atoms with E-state index in [1.54, 1.807) is 12.2 Å². The maximum absolute atomic E-state index is 11.2. The van der Waals surface area contributed by atoms with Crippen LogP contribution in [0.15, 0.2) is 36.5 Å². The van der Waals surface area contributed by atoms with Crippen LogP contribution < -0.4 is 0 Å². The molecule has 5 nitrogen and oxygen atoms in total. The summed E-state index contributed by atoms with van der Waals surface area (Å²) in [7, 11) is 0. The molecule has 0 saturated heterocycles. The van der Waals surface area contributed by atoms with E-state index in [9.17, 15) is 20.0 Å². The van der Waals surface area contributed by atoms with Gasteiger partial charge in [0.15, 0.2) is 0 Å². The minimum Gasteiger partial charge on any atom is -0.382 e. The fraction of sp³-hybridized carbons (Fsp3) is 0.682. The molecular formula is C22H37NO4. The van der Waals surface area contributed by atoms with E-state index in [4.69, 9.17) is 0 Å². The van der Waals surface area contributed by atoms with Crippen LogP contribution in [0.4, 0.5) is 0 Å². The van der Waals surface area contributed by atoms with Crippen molar-refractivity contribution in [1.82, 2.24) is 0 Å². The topological polar surface area (TPSA) is 80.4 Å². The lowest BCUT2D eigenvalue weighted by Gasteiger charge is -2.11. The van der Waals surface area contributed by atoms with Crippen LogP contribution in [0, 0.1) is 10.1 Å². The van der Waals surface area contributed by atoms with Crippen LogP contribution in [0.3, 0.4) is 0 Å². The predicted octanol–water partition coefficient (Wildman–Crippen LogP) is 5.56. The van der Waals surface area contributed by atoms with Gasteiger partial charge in [-0.2, -0.15) is 0 Å². The first-order chi connectivity index (χ1) is 13.1. The van der Waals surface area contributed by atoms with Gasteiger partial charge in [0, 0.05) is 17.8 Å². The van der Waals surface area contributed by atoms with E-state index in [1.807, 2.05) is 12.2 Å². The highest BCUT2D eigenvalue weighted by molar-refractivity contribution is 5.48. The van der Waals surface area contributed by atoms with Crippen molar-refractivity contribution in [3.63, 3.8) is 0 Å². The van der Waals surface area contributed by atoms with E-state index in [-0.39, 0.29) is 6.42 Å². The van der Waals surface area contributed by atoms with Gasteiger partial charge < -0.3 is 9.90 Å². The molecule has 0 fully saturated rings. The molecule has 0 spiro atoms. The number of hydrogen-bond donors (Lipinski definition) is 1. The number of allylic oxidation sites excluding steroid dienone is 4. The van der Waals surface area contributed by atoms with E-state index >= 15 is 0 Å². The summed E-state index contributed by atoms with van der Waals surface area (Å²) < 4.78 is 0. The summed E-state index contributed by atoms with van der Waals surface area (Å²) in [6.45, 7) is 2.18. The quantitative estimate of drug-likeness (QED) is 0.111. The molecule has 5 heteroatoms. The lowest BCUT2D eigenvalue weighted by Crippen LogP contribution is -2.31. The van der Waals surface area contributed by atoms with Crippen LogP contribution in [-0.4, -0.2) is 28.5 Å². The minimum absolute atomic E-state index is 0.230. The molecule has 0 rings (SSSR count). The second-order valence-corrected chi connectivity index (χ2v) is 6.84. The van der Waals surface area contributed by atoms with Crippen LogP contribution in [0.25, 0.3) is 0 Å². The highest BCUT2D eigenvalue weighted by Gasteiger charge is 2.26. The second kappa shape index (κ2) is 19.0. The largest absolute Gasteiger partial charge is 0.382 e. The SMILES string of the molecule is CCCCC/C=C\C/C=C\CC(C(O)/C=C\CCCCCCC=O)[N+](=O)[O-]. The van der Waals surface area contributed by atoms with E-state index in [2.05, 4.69) is 19.1 Å². The summed E-state index contributed by atoms with van der Waals surface area (Å²) in [6, 6.07) is -1.00. The molecule has 2 atom stereocenters. The molecule has 27 heavy (non-hydrogen) atoms. The van der Waals surface area contributed by atoms with Crippen molar-refractivity contribution >= 4 is 6.29 Å². The molecule has 0 aromatic rings. The van der Waals surface area contributed by atoms with Gasteiger partial charge in [-0.1, -0.05) is 69.1 Å². The van der Waals surface area contributed by atoms with Crippen LogP contribution in [0.2, 0.25) is 0 Å². The Kier molecular flexibility index (Phi) is 17.8. The van der Waals surface area contributed by atoms with Crippen molar-refractivity contribution in [3.8, 4) is 0 Å². The Morgan fingerprint density at radius 3 is 2.19 bits per heavy atom. The van der Waals surface area contributed by atoms with E-state index in [1.165, 1.54) is 19.3 Å². The Balaban J connectivity index is 4.04. The third-order valence-corrected chi connectivity index (χ3v) is 4.40. The molecule has 2 unspecified atom stereocenters. The first kappa shape index (κ1) is 25.2. The maximum atomic E-state index is 11.2. The molecule has 1 N–H and O–H groups in total.